The standard InChI is InChI=1S/C32H35FN6O4/c1-41-25-11-5-21(6-12-25)18-35-32-34-14-13-26(36-32)30-29(22-7-9-24(33)10-8-22)37-27(38-30)17-28-42-19-23(20-43-28)31(40)39-15-3-2-4-16-39/h5-14,23,28H,2-4,15-20H2,1H3,(H,37,38)(H,34,35,36). The Hall–Kier alpha value is -4.35. The molecule has 0 radical (unpaired) electrons. The Balaban J connectivity index is 1.17. The van der Waals surface area contributed by atoms with Crippen molar-refractivity contribution in [2.75, 3.05) is 38.7 Å². The molecule has 2 N–H and O–H groups in total. The summed E-state index contributed by atoms with van der Waals surface area (Å²) in [7, 11) is 1.64. The van der Waals surface area contributed by atoms with Crippen LogP contribution in [0.15, 0.2) is 60.8 Å². The molecule has 0 bridgehead atoms. The molecule has 0 unspecified atom stereocenters. The van der Waals surface area contributed by atoms with Gasteiger partial charge in [0.1, 0.15) is 17.4 Å². The molecule has 6 rings (SSSR count). The minimum Gasteiger partial charge on any atom is -0.497 e. The summed E-state index contributed by atoms with van der Waals surface area (Å²) in [6.45, 7) is 2.77. The molecule has 43 heavy (non-hydrogen) atoms. The zero-order valence-electron chi connectivity index (χ0n) is 24.1. The van der Waals surface area contributed by atoms with Crippen LogP contribution in [0.4, 0.5) is 10.3 Å². The van der Waals surface area contributed by atoms with E-state index < -0.39 is 6.29 Å². The first kappa shape index (κ1) is 28.8. The number of anilines is 1. The zero-order valence-corrected chi connectivity index (χ0v) is 24.1. The second-order valence-electron chi connectivity index (χ2n) is 10.8. The maximum atomic E-state index is 13.7. The van der Waals surface area contributed by atoms with Crippen LogP contribution < -0.4 is 10.1 Å². The van der Waals surface area contributed by atoms with E-state index in [1.165, 1.54) is 18.6 Å². The normalized spacial score (nSPS) is 18.8. The summed E-state index contributed by atoms with van der Waals surface area (Å²) in [5.41, 5.74) is 3.72. The lowest BCUT2D eigenvalue weighted by Crippen LogP contribution is -2.46. The van der Waals surface area contributed by atoms with E-state index in [4.69, 9.17) is 24.2 Å². The van der Waals surface area contributed by atoms with Crippen molar-refractivity contribution in [3.05, 3.63) is 78.0 Å². The third-order valence-electron chi connectivity index (χ3n) is 7.74. The van der Waals surface area contributed by atoms with Crippen LogP contribution in [-0.4, -0.2) is 70.4 Å². The number of halogens is 1. The average Bonchev–Trinajstić information content (AvgIpc) is 3.48. The molecule has 2 aromatic carbocycles. The summed E-state index contributed by atoms with van der Waals surface area (Å²) in [6.07, 6.45) is 4.76. The number of ether oxygens (including phenoxy) is 3. The molecule has 4 heterocycles. The van der Waals surface area contributed by atoms with E-state index in [-0.39, 0.29) is 17.6 Å². The van der Waals surface area contributed by atoms with Crippen LogP contribution in [0.2, 0.25) is 0 Å². The molecule has 224 valence electrons. The Bertz CT molecular complexity index is 1510. The molecule has 0 saturated carbocycles. The van der Waals surface area contributed by atoms with Crippen LogP contribution in [0.1, 0.15) is 30.7 Å². The molecule has 11 heteroatoms. The van der Waals surface area contributed by atoms with Crippen LogP contribution in [0.3, 0.4) is 0 Å². The summed E-state index contributed by atoms with van der Waals surface area (Å²) in [6, 6.07) is 15.7. The minimum absolute atomic E-state index is 0.109. The van der Waals surface area contributed by atoms with Crippen LogP contribution in [-0.2, 0) is 27.2 Å². The second kappa shape index (κ2) is 13.3. The number of aromatic amines is 1. The monoisotopic (exact) mass is 586 g/mol. The highest BCUT2D eigenvalue weighted by atomic mass is 19.1. The molecule has 4 aromatic rings. The molecule has 2 aliphatic rings. The molecule has 2 fully saturated rings. The number of benzene rings is 2. The van der Waals surface area contributed by atoms with Crippen molar-refractivity contribution in [3.63, 3.8) is 0 Å². The Morgan fingerprint density at radius 3 is 2.49 bits per heavy atom. The van der Waals surface area contributed by atoms with Crippen molar-refractivity contribution in [1.29, 1.82) is 0 Å². The molecule has 0 spiro atoms. The Morgan fingerprint density at radius 1 is 1.02 bits per heavy atom. The van der Waals surface area contributed by atoms with Crippen molar-refractivity contribution >= 4 is 11.9 Å². The molecule has 2 aromatic heterocycles. The lowest BCUT2D eigenvalue weighted by Gasteiger charge is -2.34. The van der Waals surface area contributed by atoms with Crippen molar-refractivity contribution < 1.29 is 23.4 Å². The van der Waals surface area contributed by atoms with Gasteiger partial charge in [0, 0.05) is 31.4 Å². The van der Waals surface area contributed by atoms with Gasteiger partial charge in [-0.25, -0.2) is 19.3 Å². The first-order valence-electron chi connectivity index (χ1n) is 14.6. The van der Waals surface area contributed by atoms with Crippen LogP contribution in [0.5, 0.6) is 5.75 Å². The average molecular weight is 587 g/mol. The summed E-state index contributed by atoms with van der Waals surface area (Å²) in [5, 5.41) is 3.27. The number of amides is 1. The van der Waals surface area contributed by atoms with Gasteiger partial charge in [-0.05, 0) is 67.3 Å². The van der Waals surface area contributed by atoms with E-state index in [1.54, 1.807) is 31.5 Å². The number of nitrogens with one attached hydrogen (secondary N) is 2. The predicted molar refractivity (Wildman–Crippen MR) is 159 cm³/mol. The third-order valence-corrected chi connectivity index (χ3v) is 7.74. The van der Waals surface area contributed by atoms with Gasteiger partial charge in [0.05, 0.1) is 49.7 Å². The summed E-state index contributed by atoms with van der Waals surface area (Å²) >= 11 is 0. The van der Waals surface area contributed by atoms with E-state index in [0.717, 1.165) is 42.8 Å². The summed E-state index contributed by atoms with van der Waals surface area (Å²) in [5.74, 6) is 1.37. The topological polar surface area (TPSA) is 114 Å². The summed E-state index contributed by atoms with van der Waals surface area (Å²) < 4.78 is 30.9. The number of likely N-dealkylation sites (tertiary alicyclic amines) is 1. The van der Waals surface area contributed by atoms with E-state index in [9.17, 15) is 9.18 Å². The highest BCUT2D eigenvalue weighted by molar-refractivity contribution is 5.79. The number of H-pyrrole nitrogens is 1. The molecule has 0 atom stereocenters. The number of piperidine rings is 1. The van der Waals surface area contributed by atoms with Crippen molar-refractivity contribution in [1.82, 2.24) is 24.8 Å². The van der Waals surface area contributed by atoms with Crippen molar-refractivity contribution in [2.24, 2.45) is 5.92 Å². The molecule has 2 aliphatic heterocycles. The first-order valence-corrected chi connectivity index (χ1v) is 14.6. The Kier molecular flexibility index (Phi) is 8.90. The fourth-order valence-corrected chi connectivity index (χ4v) is 5.36. The fourth-order valence-electron chi connectivity index (χ4n) is 5.36. The Morgan fingerprint density at radius 2 is 1.77 bits per heavy atom. The molecular weight excluding hydrogens is 551 g/mol. The van der Waals surface area contributed by atoms with Gasteiger partial charge in [-0.3, -0.25) is 4.79 Å². The number of imidazole rings is 1. The second-order valence-corrected chi connectivity index (χ2v) is 10.8. The first-order chi connectivity index (χ1) is 21.1. The van der Waals surface area contributed by atoms with Crippen LogP contribution >= 0.6 is 0 Å². The number of hydrogen-bond donors (Lipinski definition) is 2. The molecule has 1 amide bonds. The van der Waals surface area contributed by atoms with Gasteiger partial charge in [0.2, 0.25) is 11.9 Å². The number of hydrogen-bond acceptors (Lipinski definition) is 8. The predicted octanol–water partition coefficient (Wildman–Crippen LogP) is 4.84. The smallest absolute Gasteiger partial charge is 0.230 e. The molecule has 2 saturated heterocycles. The summed E-state index contributed by atoms with van der Waals surface area (Å²) in [4.78, 5) is 32.2. The van der Waals surface area contributed by atoms with Gasteiger partial charge in [-0.2, -0.15) is 0 Å². The minimum atomic E-state index is -0.544. The van der Waals surface area contributed by atoms with Gasteiger partial charge >= 0.3 is 0 Å². The Labute approximate surface area is 249 Å². The maximum absolute atomic E-state index is 13.7. The maximum Gasteiger partial charge on any atom is 0.230 e. The quantitative estimate of drug-likeness (QED) is 0.287. The molecule has 10 nitrogen and oxygen atoms in total. The molecule has 0 aliphatic carbocycles. The number of aromatic nitrogens is 4. The largest absolute Gasteiger partial charge is 0.497 e. The number of rotatable bonds is 9. The highest BCUT2D eigenvalue weighted by Crippen LogP contribution is 2.31. The number of methoxy groups -OCH3 is 1. The lowest BCUT2D eigenvalue weighted by molar-refractivity contribution is -0.204. The van der Waals surface area contributed by atoms with E-state index in [0.29, 0.717) is 55.0 Å². The van der Waals surface area contributed by atoms with E-state index in [2.05, 4.69) is 15.3 Å². The van der Waals surface area contributed by atoms with Gasteiger partial charge in [-0.15, -0.1) is 0 Å². The lowest BCUT2D eigenvalue weighted by atomic mass is 10.1. The van der Waals surface area contributed by atoms with Crippen molar-refractivity contribution in [3.8, 4) is 28.4 Å². The molecular formula is C32H35FN6O4. The number of carbonyl (C=O) groups is 1. The number of carbonyl (C=O) groups excluding carboxylic acids is 1. The van der Waals surface area contributed by atoms with Crippen molar-refractivity contribution in [2.45, 2.75) is 38.5 Å². The van der Waals surface area contributed by atoms with Gasteiger partial charge in [-0.1, -0.05) is 12.1 Å². The van der Waals surface area contributed by atoms with E-state index in [1.807, 2.05) is 29.2 Å². The van der Waals surface area contributed by atoms with E-state index >= 15 is 0 Å². The highest BCUT2D eigenvalue weighted by Gasteiger charge is 2.32. The SMILES string of the molecule is COc1ccc(CNc2nccc(-c3[nH]c(CC4OCC(C(=O)N5CCCCC5)CO4)nc3-c3ccc(F)cc3)n2)cc1. The van der Waals surface area contributed by atoms with Crippen LogP contribution in [0, 0.1) is 11.7 Å². The van der Waals surface area contributed by atoms with Gasteiger partial charge in [0.15, 0.2) is 6.29 Å². The number of nitrogens with zero attached hydrogens (tertiary/aromatic N) is 4. The fraction of sp³-hybridized carbons (Fsp3) is 0.375. The van der Waals surface area contributed by atoms with Gasteiger partial charge < -0.3 is 29.4 Å². The van der Waals surface area contributed by atoms with Crippen LogP contribution in [0.25, 0.3) is 22.6 Å². The zero-order chi connectivity index (χ0) is 29.6. The third kappa shape index (κ3) is 7.00. The van der Waals surface area contributed by atoms with Gasteiger partial charge in [0.25, 0.3) is 0 Å².